The van der Waals surface area contributed by atoms with Crippen LogP contribution in [0.25, 0.3) is 0 Å². The predicted molar refractivity (Wildman–Crippen MR) is 71.6 cm³/mol. The summed E-state index contributed by atoms with van der Waals surface area (Å²) in [5.41, 5.74) is 0.689. The van der Waals surface area contributed by atoms with Crippen molar-refractivity contribution >= 4 is 23.3 Å². The summed E-state index contributed by atoms with van der Waals surface area (Å²) in [5, 5.41) is 16.7. The van der Waals surface area contributed by atoms with Crippen LogP contribution >= 0.6 is 11.6 Å². The number of benzene rings is 1. The average Bonchev–Trinajstić information content (AvgIpc) is 2.77. The molecule has 7 heteroatoms. The van der Waals surface area contributed by atoms with Crippen LogP contribution in [0.5, 0.6) is 0 Å². The topological polar surface area (TPSA) is 80.0 Å². The van der Waals surface area contributed by atoms with Gasteiger partial charge in [-0.15, -0.1) is 0 Å². The zero-order chi connectivity index (χ0) is 13.8. The number of aryl methyl sites for hydroxylation is 1. The number of nitrogens with one attached hydrogen (secondary N) is 1. The van der Waals surface area contributed by atoms with Crippen LogP contribution in [0, 0.1) is 0 Å². The van der Waals surface area contributed by atoms with Gasteiger partial charge >= 0.3 is 5.97 Å². The highest BCUT2D eigenvalue weighted by Gasteiger charge is 2.10. The Labute approximate surface area is 115 Å². The standard InChI is InChI=1S/C12H13ClN4O2/c1-17-7-15-11(16-17)4-5-14-10-3-2-8(13)6-9(10)12(18)19/h2-3,6-7,14H,4-5H2,1H3,(H,18,19). The summed E-state index contributed by atoms with van der Waals surface area (Å²) in [4.78, 5) is 15.2. The summed E-state index contributed by atoms with van der Waals surface area (Å²) >= 11 is 5.78. The highest BCUT2D eigenvalue weighted by molar-refractivity contribution is 6.31. The Morgan fingerprint density at radius 3 is 2.95 bits per heavy atom. The fourth-order valence-electron chi connectivity index (χ4n) is 1.66. The van der Waals surface area contributed by atoms with Crippen molar-refractivity contribution in [2.45, 2.75) is 6.42 Å². The van der Waals surface area contributed by atoms with Crippen LogP contribution in [0.1, 0.15) is 16.2 Å². The first-order valence-corrected chi connectivity index (χ1v) is 6.05. The van der Waals surface area contributed by atoms with Gasteiger partial charge in [0.05, 0.1) is 5.56 Å². The van der Waals surface area contributed by atoms with Crippen LogP contribution in [-0.4, -0.2) is 32.4 Å². The van der Waals surface area contributed by atoms with Crippen LogP contribution in [0.3, 0.4) is 0 Å². The molecule has 0 fully saturated rings. The number of halogens is 1. The number of anilines is 1. The molecule has 2 aromatic rings. The van der Waals surface area contributed by atoms with Crippen LogP contribution in [-0.2, 0) is 13.5 Å². The van der Waals surface area contributed by atoms with Crippen molar-refractivity contribution in [2.24, 2.45) is 7.05 Å². The molecule has 0 spiro atoms. The normalized spacial score (nSPS) is 10.4. The summed E-state index contributed by atoms with van der Waals surface area (Å²) in [6.07, 6.45) is 2.24. The summed E-state index contributed by atoms with van der Waals surface area (Å²) in [6, 6.07) is 4.72. The van der Waals surface area contributed by atoms with Gasteiger partial charge in [0.15, 0.2) is 5.82 Å². The van der Waals surface area contributed by atoms with E-state index >= 15 is 0 Å². The molecule has 19 heavy (non-hydrogen) atoms. The molecule has 6 nitrogen and oxygen atoms in total. The Bertz CT molecular complexity index is 597. The summed E-state index contributed by atoms with van der Waals surface area (Å²) in [6.45, 7) is 0.548. The Morgan fingerprint density at radius 1 is 1.53 bits per heavy atom. The van der Waals surface area contributed by atoms with Gasteiger partial charge in [-0.1, -0.05) is 11.6 Å². The first kappa shape index (κ1) is 13.4. The number of rotatable bonds is 5. The first-order valence-electron chi connectivity index (χ1n) is 5.67. The summed E-state index contributed by atoms with van der Waals surface area (Å²) < 4.78 is 1.63. The molecule has 100 valence electrons. The van der Waals surface area contributed by atoms with E-state index in [-0.39, 0.29) is 5.56 Å². The molecule has 1 aromatic carbocycles. The van der Waals surface area contributed by atoms with Gasteiger partial charge in [0.25, 0.3) is 0 Å². The highest BCUT2D eigenvalue weighted by Crippen LogP contribution is 2.20. The van der Waals surface area contributed by atoms with Gasteiger partial charge < -0.3 is 10.4 Å². The van der Waals surface area contributed by atoms with Gasteiger partial charge in [-0.3, -0.25) is 4.68 Å². The monoisotopic (exact) mass is 280 g/mol. The number of aromatic carboxylic acids is 1. The maximum Gasteiger partial charge on any atom is 0.337 e. The maximum atomic E-state index is 11.1. The van der Waals surface area contributed by atoms with Gasteiger partial charge in [-0.2, -0.15) is 5.10 Å². The van der Waals surface area contributed by atoms with Crippen molar-refractivity contribution in [2.75, 3.05) is 11.9 Å². The molecule has 0 aliphatic carbocycles. The third kappa shape index (κ3) is 3.45. The number of carbonyl (C=O) groups is 1. The Kier molecular flexibility index (Phi) is 4.01. The molecule has 0 saturated heterocycles. The van der Waals surface area contributed by atoms with E-state index in [1.807, 2.05) is 0 Å². The van der Waals surface area contributed by atoms with E-state index in [9.17, 15) is 4.79 Å². The van der Waals surface area contributed by atoms with E-state index in [0.29, 0.717) is 29.5 Å². The quantitative estimate of drug-likeness (QED) is 0.873. The zero-order valence-electron chi connectivity index (χ0n) is 10.3. The maximum absolute atomic E-state index is 11.1. The second-order valence-electron chi connectivity index (χ2n) is 4.01. The fraction of sp³-hybridized carbons (Fsp3) is 0.250. The fourth-order valence-corrected chi connectivity index (χ4v) is 1.83. The van der Waals surface area contributed by atoms with Crippen molar-refractivity contribution in [3.63, 3.8) is 0 Å². The number of carboxylic acid groups (broad SMARTS) is 1. The van der Waals surface area contributed by atoms with Crippen molar-refractivity contribution in [3.8, 4) is 0 Å². The number of nitrogens with zero attached hydrogens (tertiary/aromatic N) is 3. The van der Waals surface area contributed by atoms with Gasteiger partial charge in [0.1, 0.15) is 6.33 Å². The Hall–Kier alpha value is -2.08. The number of hydrogen-bond acceptors (Lipinski definition) is 4. The summed E-state index contributed by atoms with van der Waals surface area (Å²) in [7, 11) is 1.80. The van der Waals surface area contributed by atoms with Gasteiger partial charge in [0.2, 0.25) is 0 Å². The molecule has 0 radical (unpaired) electrons. The lowest BCUT2D eigenvalue weighted by Crippen LogP contribution is -2.10. The number of hydrogen-bond donors (Lipinski definition) is 2. The smallest absolute Gasteiger partial charge is 0.337 e. The second-order valence-corrected chi connectivity index (χ2v) is 4.44. The highest BCUT2D eigenvalue weighted by atomic mass is 35.5. The van der Waals surface area contributed by atoms with Crippen molar-refractivity contribution < 1.29 is 9.90 Å². The Morgan fingerprint density at radius 2 is 2.32 bits per heavy atom. The van der Waals surface area contributed by atoms with E-state index in [1.165, 1.54) is 6.07 Å². The van der Waals surface area contributed by atoms with Crippen LogP contribution in [0.2, 0.25) is 5.02 Å². The molecule has 0 atom stereocenters. The van der Waals surface area contributed by atoms with Crippen molar-refractivity contribution in [1.82, 2.24) is 14.8 Å². The van der Waals surface area contributed by atoms with Gasteiger partial charge in [-0.05, 0) is 18.2 Å². The first-order chi connectivity index (χ1) is 9.06. The molecule has 0 aliphatic heterocycles. The molecule has 0 bridgehead atoms. The Balaban J connectivity index is 2.01. The predicted octanol–water partition coefficient (Wildman–Crippen LogP) is 1.82. The zero-order valence-corrected chi connectivity index (χ0v) is 11.1. The molecule has 1 aromatic heterocycles. The number of aromatic nitrogens is 3. The molecular weight excluding hydrogens is 268 g/mol. The van der Waals surface area contributed by atoms with Crippen LogP contribution in [0.4, 0.5) is 5.69 Å². The minimum atomic E-state index is -1.01. The second kappa shape index (κ2) is 5.71. The lowest BCUT2D eigenvalue weighted by Gasteiger charge is -2.08. The third-order valence-corrected chi connectivity index (χ3v) is 2.76. The molecule has 0 aliphatic rings. The van der Waals surface area contributed by atoms with Crippen molar-refractivity contribution in [1.29, 1.82) is 0 Å². The SMILES string of the molecule is Cn1cnc(CCNc2ccc(Cl)cc2C(=O)O)n1. The minimum absolute atomic E-state index is 0.154. The van der Waals surface area contributed by atoms with Gasteiger partial charge in [-0.25, -0.2) is 9.78 Å². The van der Waals surface area contributed by atoms with E-state index < -0.39 is 5.97 Å². The van der Waals surface area contributed by atoms with E-state index in [2.05, 4.69) is 15.4 Å². The molecule has 0 unspecified atom stereocenters. The average molecular weight is 281 g/mol. The summed E-state index contributed by atoms with van der Waals surface area (Å²) in [5.74, 6) is -0.304. The molecule has 2 rings (SSSR count). The molecule has 0 saturated carbocycles. The molecule has 1 heterocycles. The molecular formula is C12H13ClN4O2. The lowest BCUT2D eigenvalue weighted by molar-refractivity contribution is 0.0698. The van der Waals surface area contributed by atoms with E-state index in [0.717, 1.165) is 0 Å². The lowest BCUT2D eigenvalue weighted by atomic mass is 10.2. The molecule has 2 N–H and O–H groups in total. The molecule has 0 amide bonds. The van der Waals surface area contributed by atoms with Crippen LogP contribution < -0.4 is 5.32 Å². The van der Waals surface area contributed by atoms with E-state index in [4.69, 9.17) is 16.7 Å². The van der Waals surface area contributed by atoms with E-state index in [1.54, 1.807) is 30.2 Å². The number of carboxylic acids is 1. The van der Waals surface area contributed by atoms with Gasteiger partial charge in [0, 0.05) is 30.7 Å². The largest absolute Gasteiger partial charge is 0.478 e. The van der Waals surface area contributed by atoms with Crippen molar-refractivity contribution in [3.05, 3.63) is 40.9 Å². The minimum Gasteiger partial charge on any atom is -0.478 e. The van der Waals surface area contributed by atoms with Crippen LogP contribution in [0.15, 0.2) is 24.5 Å². The third-order valence-electron chi connectivity index (χ3n) is 2.52.